The Labute approximate surface area is 136 Å². The fourth-order valence-electron chi connectivity index (χ4n) is 2.66. The van der Waals surface area contributed by atoms with Crippen LogP contribution in [0.1, 0.15) is 25.0 Å². The van der Waals surface area contributed by atoms with Crippen LogP contribution in [0.5, 0.6) is 0 Å². The van der Waals surface area contributed by atoms with Crippen LogP contribution in [0, 0.1) is 0 Å². The van der Waals surface area contributed by atoms with Crippen molar-refractivity contribution < 1.29 is 4.42 Å². The Balaban J connectivity index is 1.50. The SMILES string of the molecule is S=C(NCc1ccco1)Nc1ccc(N2CCCCC2)cc1. The number of piperidine rings is 1. The molecular weight excluding hydrogens is 294 g/mol. The van der Waals surface area contributed by atoms with Gasteiger partial charge in [0.05, 0.1) is 12.8 Å². The molecule has 2 aromatic rings. The summed E-state index contributed by atoms with van der Waals surface area (Å²) in [5, 5.41) is 6.92. The minimum atomic E-state index is 0.588. The quantitative estimate of drug-likeness (QED) is 0.841. The van der Waals surface area contributed by atoms with Gasteiger partial charge < -0.3 is 20.0 Å². The number of thiocarbonyl (C=S) groups is 1. The van der Waals surface area contributed by atoms with Crippen LogP contribution < -0.4 is 15.5 Å². The lowest BCUT2D eigenvalue weighted by Gasteiger charge is -2.28. The van der Waals surface area contributed by atoms with Crippen LogP contribution in [0.3, 0.4) is 0 Å². The molecule has 1 aliphatic heterocycles. The summed E-state index contributed by atoms with van der Waals surface area (Å²) in [5.41, 5.74) is 2.29. The van der Waals surface area contributed by atoms with E-state index in [1.165, 1.54) is 24.9 Å². The largest absolute Gasteiger partial charge is 0.467 e. The molecule has 22 heavy (non-hydrogen) atoms. The van der Waals surface area contributed by atoms with Crippen LogP contribution in [-0.4, -0.2) is 18.2 Å². The van der Waals surface area contributed by atoms with Gasteiger partial charge in [0.25, 0.3) is 0 Å². The highest BCUT2D eigenvalue weighted by Gasteiger charge is 2.10. The van der Waals surface area contributed by atoms with Gasteiger partial charge in [0, 0.05) is 24.5 Å². The second-order valence-electron chi connectivity index (χ2n) is 5.48. The Bertz CT molecular complexity index is 589. The van der Waals surface area contributed by atoms with E-state index in [-0.39, 0.29) is 0 Å². The van der Waals surface area contributed by atoms with Crippen molar-refractivity contribution in [1.29, 1.82) is 0 Å². The van der Waals surface area contributed by atoms with Gasteiger partial charge in [-0.25, -0.2) is 0 Å². The molecule has 0 radical (unpaired) electrons. The van der Waals surface area contributed by atoms with E-state index < -0.39 is 0 Å². The highest BCUT2D eigenvalue weighted by molar-refractivity contribution is 7.80. The zero-order chi connectivity index (χ0) is 15.2. The Morgan fingerprint density at radius 2 is 1.86 bits per heavy atom. The topological polar surface area (TPSA) is 40.4 Å². The average molecular weight is 315 g/mol. The minimum Gasteiger partial charge on any atom is -0.467 e. The van der Waals surface area contributed by atoms with Gasteiger partial charge in [0.2, 0.25) is 0 Å². The molecule has 2 heterocycles. The molecule has 4 nitrogen and oxygen atoms in total. The number of anilines is 2. The van der Waals surface area contributed by atoms with Crippen molar-refractivity contribution in [2.45, 2.75) is 25.8 Å². The third-order valence-corrected chi connectivity index (χ3v) is 4.10. The van der Waals surface area contributed by atoms with E-state index in [1.807, 2.05) is 12.1 Å². The Hall–Kier alpha value is -2.01. The molecule has 1 saturated heterocycles. The molecule has 0 spiro atoms. The van der Waals surface area contributed by atoms with Crippen molar-refractivity contribution in [2.24, 2.45) is 0 Å². The van der Waals surface area contributed by atoms with Crippen molar-refractivity contribution in [2.75, 3.05) is 23.3 Å². The van der Waals surface area contributed by atoms with E-state index >= 15 is 0 Å². The predicted molar refractivity (Wildman–Crippen MR) is 94.3 cm³/mol. The van der Waals surface area contributed by atoms with Crippen molar-refractivity contribution in [3.8, 4) is 0 Å². The Morgan fingerprint density at radius 3 is 2.55 bits per heavy atom. The standard InChI is InChI=1S/C17H21N3OS/c22-17(18-13-16-5-4-12-21-16)19-14-6-8-15(9-7-14)20-10-2-1-3-11-20/h4-9,12H,1-3,10-11,13H2,(H2,18,19,22). The molecule has 1 aromatic heterocycles. The van der Waals surface area contributed by atoms with Crippen LogP contribution in [0.25, 0.3) is 0 Å². The lowest BCUT2D eigenvalue weighted by atomic mass is 10.1. The lowest BCUT2D eigenvalue weighted by molar-refractivity contribution is 0.503. The van der Waals surface area contributed by atoms with Crippen molar-refractivity contribution in [3.63, 3.8) is 0 Å². The fraction of sp³-hybridized carbons (Fsp3) is 0.353. The van der Waals surface area contributed by atoms with Gasteiger partial charge >= 0.3 is 0 Å². The third kappa shape index (κ3) is 4.01. The number of nitrogens with zero attached hydrogens (tertiary/aromatic N) is 1. The van der Waals surface area contributed by atoms with Crippen molar-refractivity contribution in [3.05, 3.63) is 48.4 Å². The van der Waals surface area contributed by atoms with Gasteiger partial charge in [0.1, 0.15) is 5.76 Å². The summed E-state index contributed by atoms with van der Waals surface area (Å²) in [6.07, 6.45) is 5.60. The smallest absolute Gasteiger partial charge is 0.171 e. The first-order valence-corrected chi connectivity index (χ1v) is 8.14. The molecule has 0 aliphatic carbocycles. The van der Waals surface area contributed by atoms with Crippen molar-refractivity contribution >= 4 is 28.7 Å². The molecule has 1 aromatic carbocycles. The Kier molecular flexibility index (Phi) is 4.96. The number of rotatable bonds is 4. The number of hydrogen-bond acceptors (Lipinski definition) is 3. The molecule has 0 saturated carbocycles. The number of benzene rings is 1. The van der Waals surface area contributed by atoms with Crippen LogP contribution in [0.2, 0.25) is 0 Å². The number of furan rings is 1. The molecular formula is C17H21N3OS. The summed E-state index contributed by atoms with van der Waals surface area (Å²) in [7, 11) is 0. The Morgan fingerprint density at radius 1 is 1.09 bits per heavy atom. The summed E-state index contributed by atoms with van der Waals surface area (Å²) >= 11 is 5.29. The second kappa shape index (κ2) is 7.31. The van der Waals surface area contributed by atoms with Crippen LogP contribution >= 0.6 is 12.2 Å². The molecule has 1 fully saturated rings. The van der Waals surface area contributed by atoms with E-state index in [4.69, 9.17) is 16.6 Å². The van der Waals surface area contributed by atoms with Crippen LogP contribution in [0.4, 0.5) is 11.4 Å². The normalized spacial score (nSPS) is 14.6. The molecule has 0 atom stereocenters. The maximum absolute atomic E-state index is 5.29. The lowest BCUT2D eigenvalue weighted by Crippen LogP contribution is -2.29. The summed E-state index contributed by atoms with van der Waals surface area (Å²) in [5.74, 6) is 0.865. The van der Waals surface area contributed by atoms with E-state index in [9.17, 15) is 0 Å². The van der Waals surface area contributed by atoms with E-state index in [1.54, 1.807) is 6.26 Å². The molecule has 2 N–H and O–H groups in total. The van der Waals surface area contributed by atoms with Crippen LogP contribution in [-0.2, 0) is 6.54 Å². The van der Waals surface area contributed by atoms with Gasteiger partial charge in [-0.1, -0.05) is 0 Å². The highest BCUT2D eigenvalue weighted by Crippen LogP contribution is 2.21. The summed E-state index contributed by atoms with van der Waals surface area (Å²) < 4.78 is 5.26. The van der Waals surface area contributed by atoms with Gasteiger partial charge in [-0.3, -0.25) is 0 Å². The minimum absolute atomic E-state index is 0.588. The maximum atomic E-state index is 5.29. The molecule has 0 unspecified atom stereocenters. The van der Waals surface area contributed by atoms with Gasteiger partial charge in [-0.15, -0.1) is 0 Å². The fourth-order valence-corrected chi connectivity index (χ4v) is 2.85. The highest BCUT2D eigenvalue weighted by atomic mass is 32.1. The molecule has 0 amide bonds. The van der Waals surface area contributed by atoms with Gasteiger partial charge in [-0.2, -0.15) is 0 Å². The zero-order valence-corrected chi connectivity index (χ0v) is 13.4. The predicted octanol–water partition coefficient (Wildman–Crippen LogP) is 3.76. The molecule has 3 rings (SSSR count). The average Bonchev–Trinajstić information content (AvgIpc) is 3.08. The molecule has 0 bridgehead atoms. The van der Waals surface area contributed by atoms with E-state index in [2.05, 4.69) is 39.8 Å². The second-order valence-corrected chi connectivity index (χ2v) is 5.89. The van der Waals surface area contributed by atoms with Crippen LogP contribution in [0.15, 0.2) is 47.1 Å². The summed E-state index contributed by atoms with van der Waals surface area (Å²) in [6, 6.07) is 12.2. The monoisotopic (exact) mass is 315 g/mol. The summed E-state index contributed by atoms with van der Waals surface area (Å²) in [6.45, 7) is 2.91. The molecule has 1 aliphatic rings. The first kappa shape index (κ1) is 14.9. The molecule has 116 valence electrons. The third-order valence-electron chi connectivity index (χ3n) is 3.85. The van der Waals surface area contributed by atoms with E-state index in [0.29, 0.717) is 11.7 Å². The number of hydrogen-bond donors (Lipinski definition) is 2. The van der Waals surface area contributed by atoms with Gasteiger partial charge in [0.15, 0.2) is 5.11 Å². The maximum Gasteiger partial charge on any atom is 0.171 e. The first-order chi connectivity index (χ1) is 10.8. The molecule has 5 heteroatoms. The van der Waals surface area contributed by atoms with Crippen molar-refractivity contribution in [1.82, 2.24) is 5.32 Å². The first-order valence-electron chi connectivity index (χ1n) is 7.73. The zero-order valence-electron chi connectivity index (χ0n) is 12.5. The van der Waals surface area contributed by atoms with E-state index in [0.717, 1.165) is 24.5 Å². The van der Waals surface area contributed by atoms with Gasteiger partial charge in [-0.05, 0) is 67.9 Å². The number of nitrogens with one attached hydrogen (secondary N) is 2. The summed E-state index contributed by atoms with van der Waals surface area (Å²) in [4.78, 5) is 2.45.